The van der Waals surface area contributed by atoms with Gasteiger partial charge in [0.2, 0.25) is 0 Å². The lowest BCUT2D eigenvalue weighted by atomic mass is 10.0. The van der Waals surface area contributed by atoms with E-state index in [4.69, 9.17) is 0 Å². The van der Waals surface area contributed by atoms with Crippen molar-refractivity contribution < 1.29 is 0 Å². The lowest BCUT2D eigenvalue weighted by molar-refractivity contribution is 0.628. The number of hydrogen-bond acceptors (Lipinski definition) is 2. The molecule has 0 aliphatic carbocycles. The van der Waals surface area contributed by atoms with Gasteiger partial charge in [-0.25, -0.2) is 0 Å². The van der Waals surface area contributed by atoms with Gasteiger partial charge in [0, 0.05) is 11.8 Å². The van der Waals surface area contributed by atoms with Gasteiger partial charge in [0.15, 0.2) is 0 Å². The predicted molar refractivity (Wildman–Crippen MR) is 84.5 cm³/mol. The lowest BCUT2D eigenvalue weighted by Crippen LogP contribution is -2.20. The maximum atomic E-state index is 3.45. The molecule has 0 saturated carbocycles. The first kappa shape index (κ1) is 15.6. The highest BCUT2D eigenvalue weighted by Crippen LogP contribution is 2.23. The number of hydrogen-bond donors (Lipinski definition) is 1. The molecule has 0 aromatic heterocycles. The molecule has 1 nitrogen and oxygen atoms in total. The van der Waals surface area contributed by atoms with Crippen LogP contribution in [-0.4, -0.2) is 18.6 Å². The maximum Gasteiger partial charge on any atom is 0.0412 e. The van der Waals surface area contributed by atoms with Crippen molar-refractivity contribution in [3.8, 4) is 0 Å². The van der Waals surface area contributed by atoms with E-state index in [0.717, 1.165) is 11.7 Å². The maximum absolute atomic E-state index is 3.45. The predicted octanol–water partition coefficient (Wildman–Crippen LogP) is 4.34. The van der Waals surface area contributed by atoms with E-state index in [1.165, 1.54) is 28.9 Å². The summed E-state index contributed by atoms with van der Waals surface area (Å²) in [7, 11) is 2.06. The van der Waals surface area contributed by atoms with Crippen LogP contribution in [0.1, 0.15) is 43.0 Å². The van der Waals surface area contributed by atoms with Crippen LogP contribution in [-0.2, 0) is 0 Å². The first-order chi connectivity index (χ1) is 8.54. The third-order valence-electron chi connectivity index (χ3n) is 3.28. The molecule has 2 heteroatoms. The molecule has 1 rings (SSSR count). The summed E-state index contributed by atoms with van der Waals surface area (Å²) in [6, 6.07) is 7.21. The Bertz CT molecular complexity index is 360. The average Bonchev–Trinajstić information content (AvgIpc) is 2.33. The molecule has 0 heterocycles. The minimum absolute atomic E-state index is 0.474. The Hall–Kier alpha value is -0.470. The van der Waals surface area contributed by atoms with Crippen LogP contribution in [0.25, 0.3) is 0 Å². The van der Waals surface area contributed by atoms with Crippen LogP contribution in [0.5, 0.6) is 0 Å². The second-order valence-corrected chi connectivity index (χ2v) is 6.61. The van der Waals surface area contributed by atoms with E-state index in [2.05, 4.69) is 70.0 Å². The molecule has 0 aliphatic rings. The van der Waals surface area contributed by atoms with Crippen LogP contribution < -0.4 is 5.32 Å². The van der Waals surface area contributed by atoms with Gasteiger partial charge < -0.3 is 5.32 Å². The molecule has 0 saturated heterocycles. The molecule has 0 fully saturated rings. The van der Waals surface area contributed by atoms with E-state index >= 15 is 0 Å². The van der Waals surface area contributed by atoms with Crippen molar-refractivity contribution in [3.05, 3.63) is 34.9 Å². The summed E-state index contributed by atoms with van der Waals surface area (Å²) in [4.78, 5) is 0. The van der Waals surface area contributed by atoms with Crippen LogP contribution in [0.3, 0.4) is 0 Å². The van der Waals surface area contributed by atoms with Crippen LogP contribution >= 0.6 is 11.8 Å². The zero-order valence-electron chi connectivity index (χ0n) is 12.4. The van der Waals surface area contributed by atoms with Crippen LogP contribution in [0.15, 0.2) is 18.2 Å². The molecule has 1 aromatic carbocycles. The average molecular weight is 265 g/mol. The Balaban J connectivity index is 2.57. The molecule has 18 heavy (non-hydrogen) atoms. The van der Waals surface area contributed by atoms with Gasteiger partial charge in [0.1, 0.15) is 0 Å². The third-order valence-corrected chi connectivity index (χ3v) is 4.38. The van der Waals surface area contributed by atoms with Crippen molar-refractivity contribution in [2.75, 3.05) is 18.6 Å². The van der Waals surface area contributed by atoms with Gasteiger partial charge in [-0.3, -0.25) is 0 Å². The summed E-state index contributed by atoms with van der Waals surface area (Å²) in [5, 5.41) is 3.45. The smallest absolute Gasteiger partial charge is 0.0412 e. The number of nitrogens with one attached hydrogen (secondary N) is 1. The summed E-state index contributed by atoms with van der Waals surface area (Å²) in [5.74, 6) is 3.24. The molecule has 102 valence electrons. The summed E-state index contributed by atoms with van der Waals surface area (Å²) < 4.78 is 0. The van der Waals surface area contributed by atoms with Gasteiger partial charge in [0.25, 0.3) is 0 Å². The van der Waals surface area contributed by atoms with E-state index in [1.54, 1.807) is 0 Å². The molecular weight excluding hydrogens is 238 g/mol. The van der Waals surface area contributed by atoms with Crippen molar-refractivity contribution in [3.63, 3.8) is 0 Å². The Morgan fingerprint density at radius 3 is 2.56 bits per heavy atom. The van der Waals surface area contributed by atoms with Gasteiger partial charge in [-0.1, -0.05) is 37.6 Å². The highest BCUT2D eigenvalue weighted by Gasteiger charge is 2.12. The van der Waals surface area contributed by atoms with E-state index in [-0.39, 0.29) is 0 Å². The van der Waals surface area contributed by atoms with Crippen LogP contribution in [0.4, 0.5) is 0 Å². The normalized spacial score (nSPS) is 13.0. The minimum Gasteiger partial charge on any atom is -0.312 e. The van der Waals surface area contributed by atoms with Gasteiger partial charge in [0.05, 0.1) is 0 Å². The van der Waals surface area contributed by atoms with Gasteiger partial charge in [-0.05, 0) is 50.1 Å². The highest BCUT2D eigenvalue weighted by molar-refractivity contribution is 7.99. The molecule has 1 N–H and O–H groups in total. The lowest BCUT2D eigenvalue weighted by Gasteiger charge is -2.19. The number of benzene rings is 1. The monoisotopic (exact) mass is 265 g/mol. The molecule has 1 unspecified atom stereocenters. The molecule has 0 radical (unpaired) electrons. The first-order valence-electron chi connectivity index (χ1n) is 6.86. The Morgan fingerprint density at radius 1 is 1.22 bits per heavy atom. The van der Waals surface area contributed by atoms with Crippen molar-refractivity contribution in [1.29, 1.82) is 0 Å². The quantitative estimate of drug-likeness (QED) is 0.736. The molecule has 0 bridgehead atoms. The molecule has 1 atom stereocenters. The Kier molecular flexibility index (Phi) is 6.80. The number of rotatable bonds is 7. The first-order valence-corrected chi connectivity index (χ1v) is 8.02. The third kappa shape index (κ3) is 5.03. The van der Waals surface area contributed by atoms with Gasteiger partial charge >= 0.3 is 0 Å². The topological polar surface area (TPSA) is 12.0 Å². The van der Waals surface area contributed by atoms with Gasteiger partial charge in [-0.2, -0.15) is 11.8 Å². The van der Waals surface area contributed by atoms with E-state index in [0.29, 0.717) is 6.04 Å². The summed E-state index contributed by atoms with van der Waals surface area (Å²) >= 11 is 2.06. The SMILES string of the molecule is CNC(CSCCC(C)C)c1cc(C)ccc1C. The fraction of sp³-hybridized carbons (Fsp3) is 0.625. The number of thioether (sulfide) groups is 1. The Labute approximate surface area is 117 Å². The minimum atomic E-state index is 0.474. The second-order valence-electron chi connectivity index (χ2n) is 5.46. The molecule has 0 spiro atoms. The summed E-state index contributed by atoms with van der Waals surface area (Å²) in [6.45, 7) is 8.96. The molecular formula is C16H27NS. The number of aryl methyl sites for hydroxylation is 2. The fourth-order valence-corrected chi connectivity index (χ4v) is 3.37. The summed E-state index contributed by atoms with van der Waals surface area (Å²) in [6.07, 6.45) is 1.31. The Morgan fingerprint density at radius 2 is 1.94 bits per heavy atom. The van der Waals surface area contributed by atoms with Crippen molar-refractivity contribution in [2.24, 2.45) is 5.92 Å². The van der Waals surface area contributed by atoms with Crippen LogP contribution in [0, 0.1) is 19.8 Å². The second kappa shape index (κ2) is 7.85. The largest absolute Gasteiger partial charge is 0.312 e. The molecule has 0 aliphatic heterocycles. The molecule has 0 amide bonds. The van der Waals surface area contributed by atoms with Crippen molar-refractivity contribution >= 4 is 11.8 Å². The van der Waals surface area contributed by atoms with Gasteiger partial charge in [-0.15, -0.1) is 0 Å². The van der Waals surface area contributed by atoms with Crippen molar-refractivity contribution in [1.82, 2.24) is 5.32 Å². The standard InChI is InChI=1S/C16H27NS/c1-12(2)8-9-18-11-16(17-5)15-10-13(3)6-7-14(15)4/h6-7,10,12,16-17H,8-9,11H2,1-5H3. The fourth-order valence-electron chi connectivity index (χ4n) is 1.98. The van der Waals surface area contributed by atoms with Crippen molar-refractivity contribution in [2.45, 2.75) is 40.2 Å². The van der Waals surface area contributed by atoms with E-state index in [9.17, 15) is 0 Å². The molecule has 1 aromatic rings. The summed E-state index contributed by atoms with van der Waals surface area (Å²) in [5.41, 5.74) is 4.20. The van der Waals surface area contributed by atoms with Crippen LogP contribution in [0.2, 0.25) is 0 Å². The zero-order valence-corrected chi connectivity index (χ0v) is 13.2. The van der Waals surface area contributed by atoms with E-state index in [1.807, 2.05) is 0 Å². The van der Waals surface area contributed by atoms with E-state index < -0.39 is 0 Å². The highest BCUT2D eigenvalue weighted by atomic mass is 32.2. The zero-order chi connectivity index (χ0) is 13.5.